The van der Waals surface area contributed by atoms with Crippen LogP contribution in [0.2, 0.25) is 0 Å². The normalized spacial score (nSPS) is 10.5. The van der Waals surface area contributed by atoms with Crippen molar-refractivity contribution in [2.75, 3.05) is 10.6 Å². The Labute approximate surface area is 169 Å². The van der Waals surface area contributed by atoms with E-state index in [4.69, 9.17) is 0 Å². The fourth-order valence-corrected chi connectivity index (χ4v) is 2.63. The Hall–Kier alpha value is -3.93. The minimum absolute atomic E-state index is 0.304. The number of hydrazone groups is 1. The Morgan fingerprint density at radius 1 is 0.759 bits per heavy atom. The fourth-order valence-electron chi connectivity index (χ4n) is 2.63. The Morgan fingerprint density at radius 3 is 2.00 bits per heavy atom. The third-order valence-electron chi connectivity index (χ3n) is 4.10. The Bertz CT molecular complexity index is 955. The van der Waals surface area contributed by atoms with Crippen LogP contribution in [0, 0.1) is 0 Å². The average molecular weight is 386 g/mol. The molecule has 6 nitrogen and oxygen atoms in total. The molecule has 0 radical (unpaired) electrons. The third kappa shape index (κ3) is 6.62. The van der Waals surface area contributed by atoms with Gasteiger partial charge in [0, 0.05) is 23.2 Å². The van der Waals surface area contributed by atoms with Gasteiger partial charge in [-0.05, 0) is 54.8 Å². The molecule has 0 saturated carbocycles. The predicted molar refractivity (Wildman–Crippen MR) is 116 cm³/mol. The fraction of sp³-hybridized carbons (Fsp3) is 0.0870. The van der Waals surface area contributed by atoms with E-state index < -0.39 is 0 Å². The molecule has 3 aromatic rings. The minimum Gasteiger partial charge on any atom is -0.308 e. The van der Waals surface area contributed by atoms with E-state index >= 15 is 0 Å². The lowest BCUT2D eigenvalue weighted by molar-refractivity contribution is 0.0955. The van der Waals surface area contributed by atoms with Gasteiger partial charge >= 0.3 is 6.03 Å². The number of benzene rings is 3. The van der Waals surface area contributed by atoms with Gasteiger partial charge in [0.2, 0.25) is 0 Å². The summed E-state index contributed by atoms with van der Waals surface area (Å²) in [6.07, 6.45) is 3.30. The van der Waals surface area contributed by atoms with E-state index in [1.54, 1.807) is 42.6 Å². The van der Waals surface area contributed by atoms with Gasteiger partial charge in [-0.3, -0.25) is 4.79 Å². The summed E-state index contributed by atoms with van der Waals surface area (Å²) in [5.74, 6) is -0.304. The first kappa shape index (κ1) is 19.8. The number of hydrogen-bond acceptors (Lipinski definition) is 3. The number of hydrogen-bond donors (Lipinski definition) is 3. The molecule has 0 saturated heterocycles. The van der Waals surface area contributed by atoms with E-state index in [1.165, 1.54) is 5.56 Å². The van der Waals surface area contributed by atoms with Crippen molar-refractivity contribution in [1.29, 1.82) is 0 Å². The van der Waals surface area contributed by atoms with Gasteiger partial charge in [0.05, 0.1) is 0 Å². The molecule has 3 aromatic carbocycles. The zero-order valence-corrected chi connectivity index (χ0v) is 15.8. The molecule has 3 amide bonds. The highest BCUT2D eigenvalue weighted by Gasteiger charge is 2.06. The van der Waals surface area contributed by atoms with Gasteiger partial charge in [-0.2, -0.15) is 5.10 Å². The third-order valence-corrected chi connectivity index (χ3v) is 4.10. The van der Waals surface area contributed by atoms with Gasteiger partial charge in [0.15, 0.2) is 0 Å². The van der Waals surface area contributed by atoms with Crippen molar-refractivity contribution in [3.63, 3.8) is 0 Å². The second kappa shape index (κ2) is 10.4. The van der Waals surface area contributed by atoms with Crippen LogP contribution in [0.1, 0.15) is 22.3 Å². The second-order valence-corrected chi connectivity index (χ2v) is 6.30. The number of nitrogens with one attached hydrogen (secondary N) is 3. The van der Waals surface area contributed by atoms with Crippen LogP contribution in [0.25, 0.3) is 0 Å². The lowest BCUT2D eigenvalue weighted by Gasteiger charge is -2.08. The quantitative estimate of drug-likeness (QED) is 0.407. The summed E-state index contributed by atoms with van der Waals surface area (Å²) in [5, 5.41) is 9.43. The van der Waals surface area contributed by atoms with Gasteiger partial charge in [-0.15, -0.1) is 0 Å². The molecule has 0 aromatic heterocycles. The van der Waals surface area contributed by atoms with Crippen LogP contribution in [0.4, 0.5) is 16.2 Å². The SMILES string of the molecule is O=C(Nc1ccccc1)Nc1ccc(C(=O)NN=CCCc2ccccc2)cc1. The van der Waals surface area contributed by atoms with Crippen molar-refractivity contribution < 1.29 is 9.59 Å². The highest BCUT2D eigenvalue weighted by molar-refractivity contribution is 6.00. The lowest BCUT2D eigenvalue weighted by Crippen LogP contribution is -2.20. The summed E-state index contributed by atoms with van der Waals surface area (Å²) >= 11 is 0. The van der Waals surface area contributed by atoms with E-state index in [9.17, 15) is 9.59 Å². The number of rotatable bonds is 7. The van der Waals surface area contributed by atoms with E-state index in [-0.39, 0.29) is 11.9 Å². The van der Waals surface area contributed by atoms with Crippen molar-refractivity contribution in [2.45, 2.75) is 12.8 Å². The molecule has 0 heterocycles. The summed E-state index contributed by atoms with van der Waals surface area (Å²) < 4.78 is 0. The number of nitrogens with zero attached hydrogens (tertiary/aromatic N) is 1. The number of anilines is 2. The minimum atomic E-state index is -0.351. The summed E-state index contributed by atoms with van der Waals surface area (Å²) in [7, 11) is 0. The van der Waals surface area contributed by atoms with Crippen molar-refractivity contribution in [1.82, 2.24) is 5.43 Å². The highest BCUT2D eigenvalue weighted by atomic mass is 16.2. The van der Waals surface area contributed by atoms with Crippen molar-refractivity contribution in [3.8, 4) is 0 Å². The summed E-state index contributed by atoms with van der Waals surface area (Å²) in [6, 6.07) is 25.5. The van der Waals surface area contributed by atoms with Gasteiger partial charge in [-0.1, -0.05) is 48.5 Å². The molecule has 146 valence electrons. The number of urea groups is 1. The van der Waals surface area contributed by atoms with Gasteiger partial charge in [0.1, 0.15) is 0 Å². The van der Waals surface area contributed by atoms with Gasteiger partial charge < -0.3 is 10.6 Å². The summed E-state index contributed by atoms with van der Waals surface area (Å²) in [4.78, 5) is 24.1. The molecule has 6 heteroatoms. The molecule has 0 fully saturated rings. The maximum absolute atomic E-state index is 12.1. The first-order valence-electron chi connectivity index (χ1n) is 9.29. The molecular formula is C23H22N4O2. The molecule has 0 bridgehead atoms. The Morgan fingerprint density at radius 2 is 1.34 bits per heavy atom. The van der Waals surface area contributed by atoms with E-state index in [1.807, 2.05) is 36.4 Å². The van der Waals surface area contributed by atoms with Crippen molar-refractivity contribution >= 4 is 29.5 Å². The zero-order chi connectivity index (χ0) is 20.3. The molecule has 0 aliphatic carbocycles. The number of amides is 3. The zero-order valence-electron chi connectivity index (χ0n) is 15.8. The predicted octanol–water partition coefficient (Wildman–Crippen LogP) is 4.68. The van der Waals surface area contributed by atoms with Crippen LogP contribution in [0.3, 0.4) is 0 Å². The van der Waals surface area contributed by atoms with Gasteiger partial charge in [-0.25, -0.2) is 10.2 Å². The van der Waals surface area contributed by atoms with E-state index in [0.29, 0.717) is 16.9 Å². The number of carbonyl (C=O) groups excluding carboxylic acids is 2. The molecule has 3 N–H and O–H groups in total. The second-order valence-electron chi connectivity index (χ2n) is 6.30. The smallest absolute Gasteiger partial charge is 0.308 e. The van der Waals surface area contributed by atoms with E-state index in [0.717, 1.165) is 12.8 Å². The number of aryl methyl sites for hydroxylation is 1. The number of carbonyl (C=O) groups is 2. The molecule has 0 spiro atoms. The van der Waals surface area contributed by atoms with Crippen LogP contribution in [0.5, 0.6) is 0 Å². The molecule has 0 aliphatic heterocycles. The summed E-state index contributed by atoms with van der Waals surface area (Å²) in [5.41, 5.74) is 5.48. The van der Waals surface area contributed by atoms with Crippen LogP contribution in [0.15, 0.2) is 90.0 Å². The Balaban J connectivity index is 1.43. The first-order chi connectivity index (χ1) is 14.2. The molecule has 29 heavy (non-hydrogen) atoms. The molecule has 3 rings (SSSR count). The van der Waals surface area contributed by atoms with Crippen LogP contribution >= 0.6 is 0 Å². The average Bonchev–Trinajstić information content (AvgIpc) is 2.75. The largest absolute Gasteiger partial charge is 0.323 e. The Kier molecular flexibility index (Phi) is 7.12. The number of para-hydroxylation sites is 1. The highest BCUT2D eigenvalue weighted by Crippen LogP contribution is 2.11. The van der Waals surface area contributed by atoms with Crippen LogP contribution in [-0.2, 0) is 6.42 Å². The van der Waals surface area contributed by atoms with Crippen LogP contribution < -0.4 is 16.1 Å². The van der Waals surface area contributed by atoms with Crippen LogP contribution in [-0.4, -0.2) is 18.2 Å². The van der Waals surface area contributed by atoms with Gasteiger partial charge in [0.25, 0.3) is 5.91 Å². The summed E-state index contributed by atoms with van der Waals surface area (Å²) in [6.45, 7) is 0. The molecule has 0 unspecified atom stereocenters. The maximum Gasteiger partial charge on any atom is 0.323 e. The molecular weight excluding hydrogens is 364 g/mol. The van der Waals surface area contributed by atoms with Crippen molar-refractivity contribution in [2.24, 2.45) is 5.10 Å². The van der Waals surface area contributed by atoms with Crippen molar-refractivity contribution in [3.05, 3.63) is 96.1 Å². The van der Waals surface area contributed by atoms with E-state index in [2.05, 4.69) is 33.3 Å². The maximum atomic E-state index is 12.1. The standard InChI is InChI=1S/C23H22N4O2/c28-22(27-24-17-7-10-18-8-3-1-4-9-18)19-13-15-21(16-14-19)26-23(29)25-20-11-5-2-6-12-20/h1-6,8-9,11-17H,7,10H2,(H,27,28)(H2,25,26,29). The molecule has 0 atom stereocenters. The first-order valence-corrected chi connectivity index (χ1v) is 9.29. The monoisotopic (exact) mass is 386 g/mol. The lowest BCUT2D eigenvalue weighted by atomic mass is 10.1. The molecule has 0 aliphatic rings. The topological polar surface area (TPSA) is 82.6 Å².